The van der Waals surface area contributed by atoms with Crippen molar-refractivity contribution in [3.8, 4) is 0 Å². The van der Waals surface area contributed by atoms with Crippen LogP contribution in [0.2, 0.25) is 0 Å². The number of carbonyl (C=O) groups is 2. The lowest BCUT2D eigenvalue weighted by Gasteiger charge is -2.50. The van der Waals surface area contributed by atoms with E-state index in [1.165, 1.54) is 0 Å². The van der Waals surface area contributed by atoms with Crippen LogP contribution in [0.3, 0.4) is 0 Å². The van der Waals surface area contributed by atoms with Gasteiger partial charge in [0.1, 0.15) is 11.1 Å². The molecule has 0 saturated carbocycles. The molecular formula is C16H23N3O2. The van der Waals surface area contributed by atoms with Gasteiger partial charge in [-0.05, 0) is 38.3 Å². The molecule has 1 N–H and O–H groups in total. The molecule has 1 saturated heterocycles. The van der Waals surface area contributed by atoms with E-state index < -0.39 is 11.1 Å². The minimum Gasteiger partial charge on any atom is -0.340 e. The van der Waals surface area contributed by atoms with E-state index in [9.17, 15) is 9.59 Å². The normalized spacial score (nSPS) is 20.3. The Kier molecular flexibility index (Phi) is 4.03. The minimum atomic E-state index is -0.868. The van der Waals surface area contributed by atoms with Gasteiger partial charge in [0, 0.05) is 18.9 Å². The third-order valence-electron chi connectivity index (χ3n) is 4.38. The van der Waals surface area contributed by atoms with E-state index in [2.05, 4.69) is 10.3 Å². The predicted octanol–water partition coefficient (Wildman–Crippen LogP) is 1.88. The molecule has 21 heavy (non-hydrogen) atoms. The standard InChI is InChI=1S/C16H23N3O2/c1-5-16(6-2)13(20)18-15(3,4)14(21)19(16)11-12-8-7-9-17-10-12/h7-10H,5-6,11H2,1-4H3,(H,18,20). The first-order chi connectivity index (χ1) is 9.87. The molecule has 5 nitrogen and oxygen atoms in total. The highest BCUT2D eigenvalue weighted by Gasteiger charge is 2.53. The monoisotopic (exact) mass is 289 g/mol. The maximum Gasteiger partial charge on any atom is 0.248 e. The van der Waals surface area contributed by atoms with Crippen LogP contribution in [0.5, 0.6) is 0 Å². The van der Waals surface area contributed by atoms with Crippen molar-refractivity contribution in [1.82, 2.24) is 15.2 Å². The van der Waals surface area contributed by atoms with Gasteiger partial charge in [-0.1, -0.05) is 19.9 Å². The van der Waals surface area contributed by atoms with Gasteiger partial charge in [-0.3, -0.25) is 14.6 Å². The molecule has 0 atom stereocenters. The Bertz CT molecular complexity index is 536. The predicted molar refractivity (Wildman–Crippen MR) is 80.3 cm³/mol. The first-order valence-corrected chi connectivity index (χ1v) is 7.41. The van der Waals surface area contributed by atoms with Gasteiger partial charge in [0.2, 0.25) is 11.8 Å². The van der Waals surface area contributed by atoms with Gasteiger partial charge in [0.05, 0.1) is 0 Å². The molecule has 1 aliphatic heterocycles. The highest BCUT2D eigenvalue weighted by molar-refractivity contribution is 6.01. The summed E-state index contributed by atoms with van der Waals surface area (Å²) in [6, 6.07) is 3.77. The van der Waals surface area contributed by atoms with Crippen molar-refractivity contribution in [2.24, 2.45) is 0 Å². The third kappa shape index (κ3) is 2.52. The van der Waals surface area contributed by atoms with E-state index in [-0.39, 0.29) is 11.8 Å². The highest BCUT2D eigenvalue weighted by atomic mass is 16.2. The number of hydrogen-bond donors (Lipinski definition) is 1. The molecule has 5 heteroatoms. The van der Waals surface area contributed by atoms with E-state index in [1.807, 2.05) is 26.0 Å². The molecule has 1 aromatic rings. The van der Waals surface area contributed by atoms with Crippen LogP contribution in [-0.4, -0.2) is 32.8 Å². The number of piperazine rings is 1. The van der Waals surface area contributed by atoms with E-state index in [0.29, 0.717) is 19.4 Å². The van der Waals surface area contributed by atoms with Crippen LogP contribution in [0.4, 0.5) is 0 Å². The van der Waals surface area contributed by atoms with Crippen LogP contribution in [0.25, 0.3) is 0 Å². The smallest absolute Gasteiger partial charge is 0.248 e. The third-order valence-corrected chi connectivity index (χ3v) is 4.38. The fourth-order valence-electron chi connectivity index (χ4n) is 2.96. The Labute approximate surface area is 125 Å². The van der Waals surface area contributed by atoms with Gasteiger partial charge in [0.15, 0.2) is 0 Å². The van der Waals surface area contributed by atoms with Crippen LogP contribution in [0, 0.1) is 0 Å². The molecule has 114 valence electrons. The zero-order valence-corrected chi connectivity index (χ0v) is 13.1. The molecule has 1 aromatic heterocycles. The Morgan fingerprint density at radius 3 is 2.43 bits per heavy atom. The summed E-state index contributed by atoms with van der Waals surface area (Å²) in [6.45, 7) is 7.80. The highest BCUT2D eigenvalue weighted by Crippen LogP contribution is 2.33. The van der Waals surface area contributed by atoms with Gasteiger partial charge in [0.25, 0.3) is 0 Å². The lowest BCUT2D eigenvalue weighted by molar-refractivity contribution is -0.163. The number of aromatic nitrogens is 1. The second-order valence-corrected chi connectivity index (χ2v) is 6.07. The summed E-state index contributed by atoms with van der Waals surface area (Å²) >= 11 is 0. The van der Waals surface area contributed by atoms with E-state index >= 15 is 0 Å². The largest absolute Gasteiger partial charge is 0.340 e. The topological polar surface area (TPSA) is 62.3 Å². The van der Waals surface area contributed by atoms with Crippen molar-refractivity contribution in [2.45, 2.75) is 58.2 Å². The minimum absolute atomic E-state index is 0.0466. The molecule has 1 fully saturated rings. The summed E-state index contributed by atoms with van der Waals surface area (Å²) in [5.41, 5.74) is -0.710. The molecule has 0 spiro atoms. The van der Waals surface area contributed by atoms with Crippen molar-refractivity contribution in [3.63, 3.8) is 0 Å². The lowest BCUT2D eigenvalue weighted by atomic mass is 9.82. The molecule has 0 unspecified atom stereocenters. The van der Waals surface area contributed by atoms with Crippen LogP contribution in [0.15, 0.2) is 24.5 Å². The molecule has 0 aliphatic carbocycles. The SMILES string of the molecule is CCC1(CC)C(=O)NC(C)(C)C(=O)N1Cc1cccnc1. The Hall–Kier alpha value is -1.91. The Morgan fingerprint density at radius 1 is 1.24 bits per heavy atom. The number of pyridine rings is 1. The summed E-state index contributed by atoms with van der Waals surface area (Å²) < 4.78 is 0. The maximum atomic E-state index is 12.8. The quantitative estimate of drug-likeness (QED) is 0.920. The summed E-state index contributed by atoms with van der Waals surface area (Å²) in [5, 5.41) is 2.87. The molecule has 2 amide bonds. The average Bonchev–Trinajstić information content (AvgIpc) is 2.46. The maximum absolute atomic E-state index is 12.8. The van der Waals surface area contributed by atoms with Crippen LogP contribution >= 0.6 is 0 Å². The molecule has 0 radical (unpaired) electrons. The van der Waals surface area contributed by atoms with Crippen molar-refractivity contribution in [1.29, 1.82) is 0 Å². The number of nitrogens with one attached hydrogen (secondary N) is 1. The Balaban J connectivity index is 2.43. The molecule has 2 rings (SSSR count). The first-order valence-electron chi connectivity index (χ1n) is 7.41. The first kappa shape index (κ1) is 15.5. The fraction of sp³-hybridized carbons (Fsp3) is 0.562. The zero-order chi connectivity index (χ0) is 15.7. The van der Waals surface area contributed by atoms with E-state index in [1.54, 1.807) is 31.1 Å². The van der Waals surface area contributed by atoms with Crippen molar-refractivity contribution in [2.75, 3.05) is 0 Å². The van der Waals surface area contributed by atoms with Crippen LogP contribution < -0.4 is 5.32 Å². The van der Waals surface area contributed by atoms with Crippen molar-refractivity contribution < 1.29 is 9.59 Å². The summed E-state index contributed by atoms with van der Waals surface area (Å²) in [7, 11) is 0. The number of amides is 2. The second-order valence-electron chi connectivity index (χ2n) is 6.07. The number of nitrogens with zero attached hydrogens (tertiary/aromatic N) is 2. The number of hydrogen-bond acceptors (Lipinski definition) is 3. The molecule has 2 heterocycles. The zero-order valence-electron chi connectivity index (χ0n) is 13.1. The van der Waals surface area contributed by atoms with Crippen LogP contribution in [-0.2, 0) is 16.1 Å². The van der Waals surface area contributed by atoms with E-state index in [4.69, 9.17) is 0 Å². The van der Waals surface area contributed by atoms with E-state index in [0.717, 1.165) is 5.56 Å². The van der Waals surface area contributed by atoms with Gasteiger partial charge < -0.3 is 10.2 Å². The average molecular weight is 289 g/mol. The van der Waals surface area contributed by atoms with Gasteiger partial charge in [-0.25, -0.2) is 0 Å². The summed E-state index contributed by atoms with van der Waals surface area (Å²) in [4.78, 5) is 31.3. The Morgan fingerprint density at radius 2 is 1.90 bits per heavy atom. The summed E-state index contributed by atoms with van der Waals surface area (Å²) in [5.74, 6) is -0.115. The number of rotatable bonds is 4. The molecule has 0 bridgehead atoms. The van der Waals surface area contributed by atoms with Gasteiger partial charge in [-0.2, -0.15) is 0 Å². The molecule has 0 aromatic carbocycles. The summed E-state index contributed by atoms with van der Waals surface area (Å²) in [6.07, 6.45) is 4.63. The van der Waals surface area contributed by atoms with Crippen molar-refractivity contribution >= 4 is 11.8 Å². The lowest BCUT2D eigenvalue weighted by Crippen LogP contribution is -2.73. The second kappa shape index (κ2) is 5.47. The van der Waals surface area contributed by atoms with Crippen molar-refractivity contribution in [3.05, 3.63) is 30.1 Å². The number of carbonyl (C=O) groups excluding carboxylic acids is 2. The molecular weight excluding hydrogens is 266 g/mol. The molecule has 1 aliphatic rings. The van der Waals surface area contributed by atoms with Crippen LogP contribution in [0.1, 0.15) is 46.1 Å². The fourth-order valence-corrected chi connectivity index (χ4v) is 2.96. The van der Waals surface area contributed by atoms with Gasteiger partial charge >= 0.3 is 0 Å². The van der Waals surface area contributed by atoms with Gasteiger partial charge in [-0.15, -0.1) is 0 Å².